The molecule has 134 valence electrons. The zero-order chi connectivity index (χ0) is 17.8. The van der Waals surface area contributed by atoms with Crippen molar-refractivity contribution in [1.29, 1.82) is 0 Å². The highest BCUT2D eigenvalue weighted by Gasteiger charge is 2.41. The predicted octanol–water partition coefficient (Wildman–Crippen LogP) is 3.67. The molecule has 0 radical (unpaired) electrons. The Hall–Kier alpha value is -1.59. The average molecular weight is 335 g/mol. The Morgan fingerprint density at radius 1 is 1.17 bits per heavy atom. The molecule has 1 saturated heterocycles. The number of benzene rings is 1. The van der Waals surface area contributed by atoms with Crippen LogP contribution in [0.3, 0.4) is 0 Å². The number of hydrogen-bond donors (Lipinski definition) is 1. The zero-order valence-corrected chi connectivity index (χ0v) is 15.3. The van der Waals surface area contributed by atoms with E-state index in [0.717, 1.165) is 6.42 Å². The summed E-state index contributed by atoms with van der Waals surface area (Å²) in [6.07, 6.45) is 1.10. The summed E-state index contributed by atoms with van der Waals surface area (Å²) in [6.45, 7) is 10.1. The van der Waals surface area contributed by atoms with Gasteiger partial charge in [0, 0.05) is 0 Å². The van der Waals surface area contributed by atoms with Crippen LogP contribution in [-0.4, -0.2) is 36.2 Å². The lowest BCUT2D eigenvalue weighted by Crippen LogP contribution is -2.61. The fraction of sp³-hybridized carbons (Fsp3) is 0.632. The maximum Gasteiger partial charge on any atom is 0.408 e. The third-order valence-electron chi connectivity index (χ3n) is 3.89. The molecule has 0 saturated carbocycles. The van der Waals surface area contributed by atoms with Gasteiger partial charge >= 0.3 is 6.09 Å². The molecule has 0 atom stereocenters. The van der Waals surface area contributed by atoms with Crippen molar-refractivity contribution in [2.45, 2.75) is 64.4 Å². The van der Waals surface area contributed by atoms with Crippen molar-refractivity contribution in [3.05, 3.63) is 35.9 Å². The van der Waals surface area contributed by atoms with Crippen LogP contribution in [0.15, 0.2) is 30.3 Å². The Kier molecular flexibility index (Phi) is 5.56. The standard InChI is InChI=1S/C19H29NO4/c1-17(2,3)24-16(21)20-19(13-22-18(4,5)23-14-19)12-11-15-9-7-6-8-10-15/h6-10H,11-14H2,1-5H3,(H,20,21). The maximum atomic E-state index is 12.3. The highest BCUT2D eigenvalue weighted by molar-refractivity contribution is 5.69. The monoisotopic (exact) mass is 335 g/mol. The molecule has 1 heterocycles. The van der Waals surface area contributed by atoms with Crippen LogP contribution in [0.2, 0.25) is 0 Å². The van der Waals surface area contributed by atoms with Crippen molar-refractivity contribution in [2.24, 2.45) is 0 Å². The molecule has 5 heteroatoms. The van der Waals surface area contributed by atoms with Gasteiger partial charge in [-0.25, -0.2) is 4.79 Å². The molecule has 1 amide bonds. The van der Waals surface area contributed by atoms with Crippen LogP contribution in [0.25, 0.3) is 0 Å². The Bertz CT molecular complexity index is 538. The average Bonchev–Trinajstić information content (AvgIpc) is 2.47. The fourth-order valence-corrected chi connectivity index (χ4v) is 2.53. The molecular formula is C19H29NO4. The van der Waals surface area contributed by atoms with E-state index in [4.69, 9.17) is 14.2 Å². The second-order valence-electron chi connectivity index (χ2n) is 7.87. The number of carbonyl (C=O) groups is 1. The maximum absolute atomic E-state index is 12.3. The van der Waals surface area contributed by atoms with Crippen LogP contribution < -0.4 is 5.32 Å². The van der Waals surface area contributed by atoms with E-state index in [-0.39, 0.29) is 0 Å². The molecule has 1 aliphatic rings. The van der Waals surface area contributed by atoms with E-state index in [1.165, 1.54) is 5.56 Å². The Morgan fingerprint density at radius 3 is 2.29 bits per heavy atom. The molecule has 0 bridgehead atoms. The summed E-state index contributed by atoms with van der Waals surface area (Å²) in [5.74, 6) is -0.633. The van der Waals surface area contributed by atoms with Gasteiger partial charge in [-0.1, -0.05) is 30.3 Å². The summed E-state index contributed by atoms with van der Waals surface area (Å²) in [6, 6.07) is 10.2. The minimum absolute atomic E-state index is 0.395. The van der Waals surface area contributed by atoms with Gasteiger partial charge in [0.25, 0.3) is 0 Å². The van der Waals surface area contributed by atoms with E-state index in [1.54, 1.807) is 0 Å². The molecule has 0 aromatic heterocycles. The van der Waals surface area contributed by atoms with Crippen molar-refractivity contribution < 1.29 is 19.0 Å². The summed E-state index contributed by atoms with van der Waals surface area (Å²) in [5, 5.41) is 2.99. The van der Waals surface area contributed by atoms with Crippen molar-refractivity contribution in [3.63, 3.8) is 0 Å². The molecule has 1 aromatic rings. The quantitative estimate of drug-likeness (QED) is 0.912. The third-order valence-corrected chi connectivity index (χ3v) is 3.89. The molecule has 2 rings (SSSR count). The largest absolute Gasteiger partial charge is 0.444 e. The summed E-state index contributed by atoms with van der Waals surface area (Å²) in [7, 11) is 0. The van der Waals surface area contributed by atoms with Gasteiger partial charge in [0.05, 0.1) is 18.8 Å². The van der Waals surface area contributed by atoms with E-state index in [2.05, 4.69) is 17.4 Å². The van der Waals surface area contributed by atoms with Crippen molar-refractivity contribution in [2.75, 3.05) is 13.2 Å². The number of nitrogens with one attached hydrogen (secondary N) is 1. The fourth-order valence-electron chi connectivity index (χ4n) is 2.53. The summed E-state index contributed by atoms with van der Waals surface area (Å²) in [5.41, 5.74) is 0.0846. The lowest BCUT2D eigenvalue weighted by molar-refractivity contribution is -0.271. The zero-order valence-electron chi connectivity index (χ0n) is 15.3. The van der Waals surface area contributed by atoms with Gasteiger partial charge in [0.15, 0.2) is 5.79 Å². The lowest BCUT2D eigenvalue weighted by atomic mass is 9.91. The number of aryl methyl sites for hydroxylation is 1. The Labute approximate surface area is 144 Å². The number of rotatable bonds is 4. The highest BCUT2D eigenvalue weighted by atomic mass is 16.7. The Morgan fingerprint density at radius 2 is 1.75 bits per heavy atom. The van der Waals surface area contributed by atoms with Crippen LogP contribution in [0.1, 0.15) is 46.6 Å². The van der Waals surface area contributed by atoms with Crippen LogP contribution >= 0.6 is 0 Å². The smallest absolute Gasteiger partial charge is 0.408 e. The van der Waals surface area contributed by atoms with Gasteiger partial charge in [0.1, 0.15) is 5.60 Å². The molecule has 5 nitrogen and oxygen atoms in total. The first-order valence-corrected chi connectivity index (χ1v) is 8.42. The van der Waals surface area contributed by atoms with Crippen LogP contribution in [0, 0.1) is 0 Å². The van der Waals surface area contributed by atoms with Gasteiger partial charge < -0.3 is 19.5 Å². The highest BCUT2D eigenvalue weighted by Crippen LogP contribution is 2.27. The van der Waals surface area contributed by atoms with Crippen molar-refractivity contribution in [3.8, 4) is 0 Å². The number of hydrogen-bond acceptors (Lipinski definition) is 4. The molecule has 24 heavy (non-hydrogen) atoms. The minimum atomic E-state index is -0.633. The van der Waals surface area contributed by atoms with Gasteiger partial charge in [-0.05, 0) is 53.0 Å². The van der Waals surface area contributed by atoms with Crippen molar-refractivity contribution >= 4 is 6.09 Å². The summed E-state index contributed by atoms with van der Waals surface area (Å²) < 4.78 is 17.0. The minimum Gasteiger partial charge on any atom is -0.444 e. The summed E-state index contributed by atoms with van der Waals surface area (Å²) >= 11 is 0. The van der Waals surface area contributed by atoms with E-state index >= 15 is 0 Å². The van der Waals surface area contributed by atoms with Gasteiger partial charge in [-0.3, -0.25) is 0 Å². The molecule has 1 aromatic carbocycles. The molecule has 1 fully saturated rings. The first kappa shape index (κ1) is 18.7. The number of alkyl carbamates (subject to hydrolysis) is 1. The van der Waals surface area contributed by atoms with Gasteiger partial charge in [-0.2, -0.15) is 0 Å². The van der Waals surface area contributed by atoms with Crippen LogP contribution in [0.4, 0.5) is 4.79 Å². The van der Waals surface area contributed by atoms with E-state index in [1.807, 2.05) is 52.8 Å². The SMILES string of the molecule is CC(C)(C)OC(=O)NC1(CCc2ccccc2)COC(C)(C)OC1. The first-order valence-electron chi connectivity index (χ1n) is 8.42. The molecule has 0 spiro atoms. The molecule has 1 aliphatic heterocycles. The van der Waals surface area contributed by atoms with Crippen LogP contribution in [0.5, 0.6) is 0 Å². The van der Waals surface area contributed by atoms with E-state index in [0.29, 0.717) is 19.6 Å². The Balaban J connectivity index is 2.05. The molecule has 0 unspecified atom stereocenters. The van der Waals surface area contributed by atoms with Crippen LogP contribution in [-0.2, 0) is 20.6 Å². The number of ether oxygens (including phenoxy) is 3. The molecular weight excluding hydrogens is 306 g/mol. The lowest BCUT2D eigenvalue weighted by Gasteiger charge is -2.44. The van der Waals surface area contributed by atoms with Gasteiger partial charge in [-0.15, -0.1) is 0 Å². The molecule has 0 aliphatic carbocycles. The molecule has 1 N–H and O–H groups in total. The summed E-state index contributed by atoms with van der Waals surface area (Å²) in [4.78, 5) is 12.3. The number of carbonyl (C=O) groups excluding carboxylic acids is 1. The second kappa shape index (κ2) is 7.11. The topological polar surface area (TPSA) is 56.8 Å². The normalized spacial score (nSPS) is 19.5. The third kappa shape index (κ3) is 5.80. The van der Waals surface area contributed by atoms with E-state index < -0.39 is 23.0 Å². The second-order valence-corrected chi connectivity index (χ2v) is 7.87. The van der Waals surface area contributed by atoms with Crippen molar-refractivity contribution in [1.82, 2.24) is 5.32 Å². The predicted molar refractivity (Wildman–Crippen MR) is 92.8 cm³/mol. The first-order chi connectivity index (χ1) is 11.1. The van der Waals surface area contributed by atoms with Gasteiger partial charge in [0.2, 0.25) is 0 Å². The number of amides is 1. The van der Waals surface area contributed by atoms with E-state index in [9.17, 15) is 4.79 Å².